The van der Waals surface area contributed by atoms with Gasteiger partial charge in [0, 0.05) is 5.54 Å². The summed E-state index contributed by atoms with van der Waals surface area (Å²) in [5.74, 6) is 0. The Labute approximate surface area is 95.5 Å². The summed E-state index contributed by atoms with van der Waals surface area (Å²) in [7, 11) is 0. The molecule has 92 valence electrons. The van der Waals surface area contributed by atoms with Crippen LogP contribution in [0.5, 0.6) is 0 Å². The Morgan fingerprint density at radius 1 is 1.07 bits per heavy atom. The maximum Gasteiger partial charge on any atom is 0.0540 e. The predicted molar refractivity (Wildman–Crippen MR) is 67.1 cm³/mol. The minimum atomic E-state index is -0.0698. The third-order valence-electron chi connectivity index (χ3n) is 2.51. The molecule has 0 aliphatic carbocycles. The van der Waals surface area contributed by atoms with Crippen molar-refractivity contribution >= 4 is 0 Å². The van der Waals surface area contributed by atoms with E-state index in [1.165, 1.54) is 12.8 Å². The highest BCUT2D eigenvalue weighted by Gasteiger charge is 2.07. The second kappa shape index (κ2) is 8.12. The number of aliphatic hydroxyl groups excluding tert-OH is 1. The molecule has 0 unspecified atom stereocenters. The van der Waals surface area contributed by atoms with Crippen molar-refractivity contribution < 1.29 is 5.11 Å². The van der Waals surface area contributed by atoms with Crippen molar-refractivity contribution in [2.75, 3.05) is 6.54 Å². The van der Waals surface area contributed by atoms with Crippen molar-refractivity contribution in [3.05, 3.63) is 0 Å². The van der Waals surface area contributed by atoms with Gasteiger partial charge in [0.15, 0.2) is 0 Å². The fourth-order valence-electron chi connectivity index (χ4n) is 1.55. The van der Waals surface area contributed by atoms with Crippen LogP contribution in [0.1, 0.15) is 66.2 Å². The first-order valence-corrected chi connectivity index (χ1v) is 6.39. The highest BCUT2D eigenvalue weighted by Crippen LogP contribution is 2.08. The minimum absolute atomic E-state index is 0.0698. The van der Waals surface area contributed by atoms with Crippen LogP contribution in [0.25, 0.3) is 0 Å². The van der Waals surface area contributed by atoms with Crippen LogP contribution in [0.3, 0.4) is 0 Å². The molecule has 15 heavy (non-hydrogen) atoms. The molecule has 0 spiro atoms. The lowest BCUT2D eigenvalue weighted by molar-refractivity contribution is 0.148. The summed E-state index contributed by atoms with van der Waals surface area (Å²) in [6, 6.07) is 0. The number of rotatable bonds is 8. The molecule has 0 heterocycles. The van der Waals surface area contributed by atoms with Gasteiger partial charge in [-0.2, -0.15) is 0 Å². The molecular formula is C13H29NO. The molecule has 0 aliphatic heterocycles. The molecule has 0 rings (SSSR count). The molecule has 0 amide bonds. The van der Waals surface area contributed by atoms with Gasteiger partial charge in [-0.05, 0) is 53.0 Å². The highest BCUT2D eigenvalue weighted by atomic mass is 16.3. The molecule has 0 saturated carbocycles. The lowest BCUT2D eigenvalue weighted by Crippen LogP contribution is -2.36. The normalized spacial score (nSPS) is 14.2. The lowest BCUT2D eigenvalue weighted by atomic mass is 10.1. The second-order valence-electron chi connectivity index (χ2n) is 5.47. The molecule has 0 aliphatic rings. The third-order valence-corrected chi connectivity index (χ3v) is 2.51. The minimum Gasteiger partial charge on any atom is -0.393 e. The van der Waals surface area contributed by atoms with Gasteiger partial charge in [-0.1, -0.05) is 19.8 Å². The van der Waals surface area contributed by atoms with Crippen LogP contribution >= 0.6 is 0 Å². The summed E-state index contributed by atoms with van der Waals surface area (Å²) in [4.78, 5) is 0. The fraction of sp³-hybridized carbons (Fsp3) is 1.00. The average Bonchev–Trinajstić information content (AvgIpc) is 2.12. The van der Waals surface area contributed by atoms with Crippen molar-refractivity contribution in [2.24, 2.45) is 0 Å². The topological polar surface area (TPSA) is 32.3 Å². The first kappa shape index (κ1) is 14.9. The van der Waals surface area contributed by atoms with Gasteiger partial charge in [0.25, 0.3) is 0 Å². The molecule has 2 heteroatoms. The summed E-state index contributed by atoms with van der Waals surface area (Å²) >= 11 is 0. The average molecular weight is 215 g/mol. The Bertz CT molecular complexity index is 140. The van der Waals surface area contributed by atoms with Crippen molar-refractivity contribution in [3.63, 3.8) is 0 Å². The lowest BCUT2D eigenvalue weighted by Gasteiger charge is -2.20. The first-order chi connectivity index (χ1) is 6.95. The molecule has 0 saturated heterocycles. The van der Waals surface area contributed by atoms with Crippen LogP contribution in [-0.4, -0.2) is 23.3 Å². The van der Waals surface area contributed by atoms with E-state index in [0.717, 1.165) is 32.2 Å². The van der Waals surface area contributed by atoms with E-state index < -0.39 is 0 Å². The highest BCUT2D eigenvalue weighted by molar-refractivity contribution is 4.69. The SMILES string of the molecule is CCCC[C@H](O)CCCCNC(C)(C)C. The Morgan fingerprint density at radius 2 is 1.67 bits per heavy atom. The Balaban J connectivity index is 3.23. The molecule has 2 N–H and O–H groups in total. The summed E-state index contributed by atoms with van der Waals surface area (Å²) in [5, 5.41) is 13.1. The number of hydrogen-bond donors (Lipinski definition) is 2. The Kier molecular flexibility index (Phi) is 8.07. The zero-order chi connectivity index (χ0) is 11.7. The van der Waals surface area contributed by atoms with E-state index in [1.54, 1.807) is 0 Å². The molecule has 0 fully saturated rings. The van der Waals surface area contributed by atoms with Crippen LogP contribution < -0.4 is 5.32 Å². The second-order valence-corrected chi connectivity index (χ2v) is 5.47. The quantitative estimate of drug-likeness (QED) is 0.610. The number of hydrogen-bond acceptors (Lipinski definition) is 2. The predicted octanol–water partition coefficient (Wildman–Crippen LogP) is 3.10. The monoisotopic (exact) mass is 215 g/mol. The van der Waals surface area contributed by atoms with Crippen LogP contribution in [0.15, 0.2) is 0 Å². The van der Waals surface area contributed by atoms with E-state index >= 15 is 0 Å². The Hall–Kier alpha value is -0.0800. The van der Waals surface area contributed by atoms with Gasteiger partial charge >= 0.3 is 0 Å². The molecule has 2 nitrogen and oxygen atoms in total. The zero-order valence-corrected chi connectivity index (χ0v) is 11.0. The molecule has 0 aromatic heterocycles. The van der Waals surface area contributed by atoms with Crippen LogP contribution in [-0.2, 0) is 0 Å². The van der Waals surface area contributed by atoms with E-state index in [9.17, 15) is 5.11 Å². The molecular weight excluding hydrogens is 186 g/mol. The van der Waals surface area contributed by atoms with Crippen LogP contribution in [0, 0.1) is 0 Å². The number of nitrogens with one attached hydrogen (secondary N) is 1. The van der Waals surface area contributed by atoms with Crippen molar-refractivity contribution in [3.8, 4) is 0 Å². The molecule has 0 aromatic rings. The maximum absolute atomic E-state index is 9.62. The van der Waals surface area contributed by atoms with Gasteiger partial charge in [0.05, 0.1) is 6.10 Å². The summed E-state index contributed by atoms with van der Waals surface area (Å²) in [6.07, 6.45) is 6.51. The number of unbranched alkanes of at least 4 members (excludes halogenated alkanes) is 2. The third kappa shape index (κ3) is 11.8. The molecule has 1 atom stereocenters. The van der Waals surface area contributed by atoms with Crippen molar-refractivity contribution in [1.29, 1.82) is 0 Å². The summed E-state index contributed by atoms with van der Waals surface area (Å²) in [6.45, 7) is 9.78. The van der Waals surface area contributed by atoms with E-state index in [0.29, 0.717) is 0 Å². The van der Waals surface area contributed by atoms with Crippen LogP contribution in [0.4, 0.5) is 0 Å². The van der Waals surface area contributed by atoms with Gasteiger partial charge in [-0.3, -0.25) is 0 Å². The van der Waals surface area contributed by atoms with E-state index in [2.05, 4.69) is 33.0 Å². The number of aliphatic hydroxyl groups is 1. The standard InChI is InChI=1S/C13H29NO/c1-5-6-9-12(15)10-7-8-11-14-13(2,3)4/h12,14-15H,5-11H2,1-4H3/t12-/m0/s1. The fourth-order valence-corrected chi connectivity index (χ4v) is 1.55. The summed E-state index contributed by atoms with van der Waals surface area (Å²) < 4.78 is 0. The van der Waals surface area contributed by atoms with Gasteiger partial charge in [-0.15, -0.1) is 0 Å². The zero-order valence-electron chi connectivity index (χ0n) is 11.0. The van der Waals surface area contributed by atoms with E-state index in [4.69, 9.17) is 0 Å². The summed E-state index contributed by atoms with van der Waals surface area (Å²) in [5.41, 5.74) is 0.223. The molecule has 0 aromatic carbocycles. The smallest absolute Gasteiger partial charge is 0.0540 e. The van der Waals surface area contributed by atoms with Crippen LogP contribution in [0.2, 0.25) is 0 Å². The van der Waals surface area contributed by atoms with Crippen molar-refractivity contribution in [1.82, 2.24) is 5.32 Å². The Morgan fingerprint density at radius 3 is 2.20 bits per heavy atom. The largest absolute Gasteiger partial charge is 0.393 e. The van der Waals surface area contributed by atoms with Gasteiger partial charge in [0.2, 0.25) is 0 Å². The first-order valence-electron chi connectivity index (χ1n) is 6.39. The van der Waals surface area contributed by atoms with Crippen molar-refractivity contribution in [2.45, 2.75) is 77.9 Å². The molecule has 0 bridgehead atoms. The molecule has 0 radical (unpaired) electrons. The van der Waals surface area contributed by atoms with E-state index in [-0.39, 0.29) is 11.6 Å². The van der Waals surface area contributed by atoms with Gasteiger partial charge in [0.1, 0.15) is 0 Å². The van der Waals surface area contributed by atoms with Gasteiger partial charge in [-0.25, -0.2) is 0 Å². The van der Waals surface area contributed by atoms with Gasteiger partial charge < -0.3 is 10.4 Å². The maximum atomic E-state index is 9.62. The van der Waals surface area contributed by atoms with E-state index in [1.807, 2.05) is 0 Å².